The molecular weight excluding hydrogens is 262 g/mol. The SMILES string of the molecule is CCOC(=N)c1ccc(N)c(NCCc2ccccc2)c1. The van der Waals surface area contributed by atoms with Crippen molar-refractivity contribution in [2.24, 2.45) is 0 Å². The van der Waals surface area contributed by atoms with Crippen molar-refractivity contribution < 1.29 is 4.74 Å². The lowest BCUT2D eigenvalue weighted by atomic mass is 10.1. The van der Waals surface area contributed by atoms with Gasteiger partial charge >= 0.3 is 0 Å². The lowest BCUT2D eigenvalue weighted by Gasteiger charge is -2.12. The first kappa shape index (κ1) is 14.9. The van der Waals surface area contributed by atoms with E-state index in [-0.39, 0.29) is 5.90 Å². The monoisotopic (exact) mass is 283 g/mol. The normalized spacial score (nSPS) is 10.1. The predicted octanol–water partition coefficient (Wildman–Crippen LogP) is 3.29. The highest BCUT2D eigenvalue weighted by molar-refractivity contribution is 5.93. The second kappa shape index (κ2) is 7.33. The van der Waals surface area contributed by atoms with Gasteiger partial charge in [-0.25, -0.2) is 0 Å². The van der Waals surface area contributed by atoms with E-state index in [1.165, 1.54) is 5.56 Å². The third kappa shape index (κ3) is 4.24. The van der Waals surface area contributed by atoms with Gasteiger partial charge in [-0.1, -0.05) is 30.3 Å². The number of ether oxygens (including phenoxy) is 1. The van der Waals surface area contributed by atoms with Crippen LogP contribution in [0.4, 0.5) is 11.4 Å². The van der Waals surface area contributed by atoms with E-state index in [4.69, 9.17) is 15.9 Å². The van der Waals surface area contributed by atoms with Crippen LogP contribution in [0.25, 0.3) is 0 Å². The Balaban J connectivity index is 1.99. The molecule has 0 unspecified atom stereocenters. The zero-order valence-electron chi connectivity index (χ0n) is 12.2. The van der Waals surface area contributed by atoms with Crippen molar-refractivity contribution in [2.75, 3.05) is 24.2 Å². The molecule has 21 heavy (non-hydrogen) atoms. The predicted molar refractivity (Wildman–Crippen MR) is 87.9 cm³/mol. The average Bonchev–Trinajstić information content (AvgIpc) is 2.50. The molecule has 0 aliphatic carbocycles. The lowest BCUT2D eigenvalue weighted by Crippen LogP contribution is -2.09. The number of benzene rings is 2. The minimum Gasteiger partial charge on any atom is -0.478 e. The van der Waals surface area contributed by atoms with Crippen LogP contribution < -0.4 is 11.1 Å². The minimum atomic E-state index is 0.170. The van der Waals surface area contributed by atoms with Gasteiger partial charge in [0.25, 0.3) is 0 Å². The second-order valence-corrected chi connectivity index (χ2v) is 4.73. The second-order valence-electron chi connectivity index (χ2n) is 4.73. The van der Waals surface area contributed by atoms with Gasteiger partial charge in [0, 0.05) is 12.1 Å². The number of hydrogen-bond acceptors (Lipinski definition) is 4. The Morgan fingerprint density at radius 3 is 2.67 bits per heavy atom. The molecule has 0 fully saturated rings. The van der Waals surface area contributed by atoms with Crippen LogP contribution in [0.15, 0.2) is 48.5 Å². The van der Waals surface area contributed by atoms with Crippen LogP contribution in [0.3, 0.4) is 0 Å². The summed E-state index contributed by atoms with van der Waals surface area (Å²) in [6, 6.07) is 15.7. The zero-order chi connectivity index (χ0) is 15.1. The molecule has 0 heterocycles. The first-order chi connectivity index (χ1) is 10.2. The van der Waals surface area contributed by atoms with Crippen molar-refractivity contribution >= 4 is 17.3 Å². The van der Waals surface area contributed by atoms with Crippen LogP contribution in [0.5, 0.6) is 0 Å². The van der Waals surface area contributed by atoms with Crippen molar-refractivity contribution in [3.63, 3.8) is 0 Å². The van der Waals surface area contributed by atoms with E-state index >= 15 is 0 Å². The molecule has 4 nitrogen and oxygen atoms in total. The number of nitrogens with one attached hydrogen (secondary N) is 2. The average molecular weight is 283 g/mol. The van der Waals surface area contributed by atoms with Crippen molar-refractivity contribution in [3.05, 3.63) is 59.7 Å². The van der Waals surface area contributed by atoms with Gasteiger partial charge in [0.2, 0.25) is 5.90 Å². The number of rotatable bonds is 6. The summed E-state index contributed by atoms with van der Waals surface area (Å²) in [5.74, 6) is 0.170. The van der Waals surface area contributed by atoms with Gasteiger partial charge in [0.15, 0.2) is 0 Å². The quantitative estimate of drug-likeness (QED) is 0.433. The van der Waals surface area contributed by atoms with Crippen molar-refractivity contribution in [2.45, 2.75) is 13.3 Å². The minimum absolute atomic E-state index is 0.170. The van der Waals surface area contributed by atoms with Gasteiger partial charge in [0.1, 0.15) is 0 Å². The molecule has 0 amide bonds. The molecule has 2 rings (SSSR count). The first-order valence-electron chi connectivity index (χ1n) is 7.09. The van der Waals surface area contributed by atoms with Crippen LogP contribution >= 0.6 is 0 Å². The van der Waals surface area contributed by atoms with Crippen LogP contribution in [-0.2, 0) is 11.2 Å². The summed E-state index contributed by atoms with van der Waals surface area (Å²) in [5.41, 5.74) is 9.50. The van der Waals surface area contributed by atoms with Gasteiger partial charge in [-0.2, -0.15) is 0 Å². The van der Waals surface area contributed by atoms with Gasteiger partial charge in [-0.15, -0.1) is 0 Å². The number of nitrogen functional groups attached to an aromatic ring is 1. The summed E-state index contributed by atoms with van der Waals surface area (Å²) >= 11 is 0. The molecule has 0 aliphatic heterocycles. The number of hydrogen-bond donors (Lipinski definition) is 3. The topological polar surface area (TPSA) is 71.1 Å². The standard InChI is InChI=1S/C17H21N3O/c1-2-21-17(19)14-8-9-15(18)16(12-14)20-11-10-13-6-4-3-5-7-13/h3-9,12,19-20H,2,10-11,18H2,1H3. The molecule has 2 aromatic rings. The fourth-order valence-electron chi connectivity index (χ4n) is 2.06. The summed E-state index contributed by atoms with van der Waals surface area (Å²) in [5, 5.41) is 11.1. The molecule has 0 saturated heterocycles. The van der Waals surface area contributed by atoms with E-state index in [9.17, 15) is 0 Å². The van der Waals surface area contributed by atoms with Crippen LogP contribution in [0.1, 0.15) is 18.1 Å². The molecule has 0 saturated carbocycles. The third-order valence-corrected chi connectivity index (χ3v) is 3.18. The summed E-state index contributed by atoms with van der Waals surface area (Å²) in [6.07, 6.45) is 0.924. The first-order valence-corrected chi connectivity index (χ1v) is 7.09. The number of anilines is 2. The van der Waals surface area contributed by atoms with Crippen molar-refractivity contribution in [3.8, 4) is 0 Å². The van der Waals surface area contributed by atoms with E-state index in [0.717, 1.165) is 24.2 Å². The summed E-state index contributed by atoms with van der Waals surface area (Å²) < 4.78 is 5.21. The molecule has 4 N–H and O–H groups in total. The van der Waals surface area contributed by atoms with E-state index in [1.54, 1.807) is 12.1 Å². The smallest absolute Gasteiger partial charge is 0.213 e. The third-order valence-electron chi connectivity index (χ3n) is 3.18. The Labute approximate surface area is 125 Å². The van der Waals surface area contributed by atoms with E-state index < -0.39 is 0 Å². The van der Waals surface area contributed by atoms with Crippen LogP contribution in [0.2, 0.25) is 0 Å². The fraction of sp³-hybridized carbons (Fsp3) is 0.235. The lowest BCUT2D eigenvalue weighted by molar-refractivity contribution is 0.325. The molecule has 4 heteroatoms. The Kier molecular flexibility index (Phi) is 5.21. The van der Waals surface area contributed by atoms with Gasteiger partial charge in [-0.05, 0) is 37.1 Å². The Morgan fingerprint density at radius 1 is 1.19 bits per heavy atom. The molecule has 0 spiro atoms. The largest absolute Gasteiger partial charge is 0.478 e. The number of nitrogens with two attached hydrogens (primary N) is 1. The summed E-state index contributed by atoms with van der Waals surface area (Å²) in [4.78, 5) is 0. The molecule has 0 radical (unpaired) electrons. The maximum absolute atomic E-state index is 7.82. The van der Waals surface area contributed by atoms with Crippen molar-refractivity contribution in [1.29, 1.82) is 5.41 Å². The van der Waals surface area contributed by atoms with E-state index in [1.807, 2.05) is 31.2 Å². The summed E-state index contributed by atoms with van der Waals surface area (Å²) in [7, 11) is 0. The maximum Gasteiger partial charge on any atom is 0.213 e. The molecule has 2 aromatic carbocycles. The highest BCUT2D eigenvalue weighted by Crippen LogP contribution is 2.20. The highest BCUT2D eigenvalue weighted by atomic mass is 16.5. The van der Waals surface area contributed by atoms with Gasteiger partial charge < -0.3 is 15.8 Å². The molecule has 0 aromatic heterocycles. The Hall–Kier alpha value is -2.49. The van der Waals surface area contributed by atoms with E-state index in [0.29, 0.717) is 12.3 Å². The molecule has 0 atom stereocenters. The zero-order valence-corrected chi connectivity index (χ0v) is 12.2. The highest BCUT2D eigenvalue weighted by Gasteiger charge is 2.06. The van der Waals surface area contributed by atoms with Gasteiger partial charge in [-0.3, -0.25) is 5.41 Å². The molecule has 0 bridgehead atoms. The molecule has 110 valence electrons. The van der Waals surface area contributed by atoms with Gasteiger partial charge in [0.05, 0.1) is 18.0 Å². The van der Waals surface area contributed by atoms with E-state index in [2.05, 4.69) is 17.4 Å². The fourth-order valence-corrected chi connectivity index (χ4v) is 2.06. The van der Waals surface area contributed by atoms with Crippen LogP contribution in [0, 0.1) is 5.41 Å². The Morgan fingerprint density at radius 2 is 1.95 bits per heavy atom. The maximum atomic E-state index is 7.82. The van der Waals surface area contributed by atoms with Crippen LogP contribution in [-0.4, -0.2) is 19.0 Å². The Bertz CT molecular complexity index is 596. The van der Waals surface area contributed by atoms with Crippen molar-refractivity contribution in [1.82, 2.24) is 0 Å². The summed E-state index contributed by atoms with van der Waals surface area (Å²) in [6.45, 7) is 3.14. The molecule has 0 aliphatic rings. The molecular formula is C17H21N3O.